The number of hydrogen-bond acceptors (Lipinski definition) is 4. The lowest BCUT2D eigenvalue weighted by molar-refractivity contribution is -0.122. The van der Waals surface area contributed by atoms with Gasteiger partial charge in [-0.3, -0.25) is 9.69 Å². The van der Waals surface area contributed by atoms with Crippen LogP contribution in [-0.2, 0) is 29.2 Å². The van der Waals surface area contributed by atoms with Gasteiger partial charge in [-0.25, -0.2) is 4.79 Å². The number of amides is 2. The third kappa shape index (κ3) is 7.58. The maximum atomic E-state index is 12.4. The van der Waals surface area contributed by atoms with Crippen molar-refractivity contribution in [3.8, 4) is 0 Å². The van der Waals surface area contributed by atoms with Crippen LogP contribution in [0.15, 0.2) is 54.6 Å². The molecule has 2 amide bonds. The molecule has 0 unspecified atom stereocenters. The summed E-state index contributed by atoms with van der Waals surface area (Å²) in [7, 11) is 0. The van der Waals surface area contributed by atoms with Crippen LogP contribution in [0.3, 0.4) is 0 Å². The second-order valence-electron chi connectivity index (χ2n) is 6.88. The minimum absolute atomic E-state index is 0.166. The first-order chi connectivity index (χ1) is 14.0. The topological polar surface area (TPSA) is 70.7 Å². The molecule has 156 valence electrons. The molecule has 0 saturated carbocycles. The molecule has 1 atom stereocenters. The van der Waals surface area contributed by atoms with Gasteiger partial charge in [-0.15, -0.1) is 0 Å². The molecule has 0 fully saturated rings. The van der Waals surface area contributed by atoms with E-state index in [-0.39, 0.29) is 12.5 Å². The molecule has 2 aromatic rings. The summed E-state index contributed by atoms with van der Waals surface area (Å²) in [6.45, 7) is 9.30. The fourth-order valence-electron chi connectivity index (χ4n) is 2.91. The lowest BCUT2D eigenvalue weighted by atomic mass is 10.1. The molecule has 0 bridgehead atoms. The molecule has 6 nitrogen and oxygen atoms in total. The smallest absolute Gasteiger partial charge is 0.408 e. The van der Waals surface area contributed by atoms with Gasteiger partial charge in [0, 0.05) is 13.1 Å². The van der Waals surface area contributed by atoms with Crippen LogP contribution in [0, 0.1) is 0 Å². The molecule has 2 N–H and O–H groups in total. The van der Waals surface area contributed by atoms with Gasteiger partial charge in [-0.05, 0) is 36.7 Å². The van der Waals surface area contributed by atoms with Crippen molar-refractivity contribution in [3.05, 3.63) is 71.3 Å². The normalized spacial score (nSPS) is 11.7. The average Bonchev–Trinajstić information content (AvgIpc) is 2.75. The van der Waals surface area contributed by atoms with Gasteiger partial charge in [0.15, 0.2) is 0 Å². The summed E-state index contributed by atoms with van der Waals surface area (Å²) < 4.78 is 5.16. The third-order valence-corrected chi connectivity index (χ3v) is 4.80. The predicted molar refractivity (Wildman–Crippen MR) is 114 cm³/mol. The quantitative estimate of drug-likeness (QED) is 0.644. The van der Waals surface area contributed by atoms with Gasteiger partial charge in [0.25, 0.3) is 0 Å². The Kier molecular flexibility index (Phi) is 9.18. The highest BCUT2D eigenvalue weighted by Crippen LogP contribution is 2.12. The second kappa shape index (κ2) is 11.9. The van der Waals surface area contributed by atoms with Crippen molar-refractivity contribution in [2.45, 2.75) is 46.5 Å². The number of rotatable bonds is 10. The molecule has 2 rings (SSSR count). The van der Waals surface area contributed by atoms with Gasteiger partial charge in [-0.2, -0.15) is 0 Å². The number of nitrogens with one attached hydrogen (secondary N) is 2. The van der Waals surface area contributed by atoms with E-state index in [0.29, 0.717) is 6.54 Å². The van der Waals surface area contributed by atoms with Crippen molar-refractivity contribution in [2.24, 2.45) is 0 Å². The van der Waals surface area contributed by atoms with Gasteiger partial charge < -0.3 is 15.4 Å². The Morgan fingerprint density at radius 3 is 2.24 bits per heavy atom. The second-order valence-corrected chi connectivity index (χ2v) is 6.88. The minimum Gasteiger partial charge on any atom is -0.445 e. The monoisotopic (exact) mass is 397 g/mol. The number of alkyl carbamates (subject to hydrolysis) is 1. The van der Waals surface area contributed by atoms with E-state index in [9.17, 15) is 9.59 Å². The van der Waals surface area contributed by atoms with Crippen molar-refractivity contribution < 1.29 is 14.3 Å². The van der Waals surface area contributed by atoms with E-state index in [2.05, 4.69) is 35.4 Å². The lowest BCUT2D eigenvalue weighted by Crippen LogP contribution is -2.44. The molecule has 0 aliphatic carbocycles. The Bertz CT molecular complexity index is 776. The van der Waals surface area contributed by atoms with Crippen LogP contribution < -0.4 is 10.6 Å². The number of carbonyl (C=O) groups excluding carboxylic acids is 2. The zero-order chi connectivity index (χ0) is 21.1. The summed E-state index contributed by atoms with van der Waals surface area (Å²) in [6, 6.07) is 16.8. The van der Waals surface area contributed by atoms with Gasteiger partial charge in [0.1, 0.15) is 12.6 Å². The number of carbonyl (C=O) groups is 2. The molecule has 0 aliphatic rings. The lowest BCUT2D eigenvalue weighted by Gasteiger charge is -2.20. The standard InChI is InChI=1S/C23H31N3O3/c1-4-26(5-2)16-21-14-10-9-13-20(21)15-24-22(27)18(3)25-23(28)29-17-19-11-7-6-8-12-19/h6-14,18H,4-5,15-17H2,1-3H3,(H,24,27)(H,25,28)/t18-/m1/s1. The van der Waals surface area contributed by atoms with Crippen LogP contribution in [0.2, 0.25) is 0 Å². The number of nitrogens with zero attached hydrogens (tertiary/aromatic N) is 1. The third-order valence-electron chi connectivity index (χ3n) is 4.80. The van der Waals surface area contributed by atoms with Crippen molar-refractivity contribution >= 4 is 12.0 Å². The van der Waals surface area contributed by atoms with E-state index in [1.165, 1.54) is 5.56 Å². The van der Waals surface area contributed by atoms with E-state index in [1.807, 2.05) is 48.5 Å². The van der Waals surface area contributed by atoms with Crippen LogP contribution in [0.5, 0.6) is 0 Å². The molecule has 0 aromatic heterocycles. The van der Waals surface area contributed by atoms with Crippen molar-refractivity contribution in [3.63, 3.8) is 0 Å². The Labute approximate surface area is 173 Å². The molecule has 2 aromatic carbocycles. The number of ether oxygens (including phenoxy) is 1. The highest BCUT2D eigenvalue weighted by molar-refractivity contribution is 5.85. The Morgan fingerprint density at radius 1 is 0.966 bits per heavy atom. The van der Waals surface area contributed by atoms with Crippen molar-refractivity contribution in [1.29, 1.82) is 0 Å². The SMILES string of the molecule is CCN(CC)Cc1ccccc1CNC(=O)[C@@H](C)NC(=O)OCc1ccccc1. The van der Waals surface area contributed by atoms with E-state index < -0.39 is 12.1 Å². The molecular formula is C23H31N3O3. The largest absolute Gasteiger partial charge is 0.445 e. The fourth-order valence-corrected chi connectivity index (χ4v) is 2.91. The summed E-state index contributed by atoms with van der Waals surface area (Å²) in [4.78, 5) is 26.6. The zero-order valence-electron chi connectivity index (χ0n) is 17.5. The van der Waals surface area contributed by atoms with E-state index in [1.54, 1.807) is 6.92 Å². The Morgan fingerprint density at radius 2 is 1.59 bits per heavy atom. The highest BCUT2D eigenvalue weighted by Gasteiger charge is 2.16. The van der Waals surface area contributed by atoms with Crippen LogP contribution in [-0.4, -0.2) is 36.0 Å². The molecule has 29 heavy (non-hydrogen) atoms. The molecular weight excluding hydrogens is 366 g/mol. The summed E-state index contributed by atoms with van der Waals surface area (Å²) in [5.74, 6) is -0.251. The predicted octanol–water partition coefficient (Wildman–Crippen LogP) is 3.46. The maximum Gasteiger partial charge on any atom is 0.408 e. The molecule has 0 aliphatic heterocycles. The van der Waals surface area contributed by atoms with Crippen molar-refractivity contribution in [2.75, 3.05) is 13.1 Å². The van der Waals surface area contributed by atoms with Gasteiger partial charge in [-0.1, -0.05) is 68.4 Å². The Balaban J connectivity index is 1.81. The van der Waals surface area contributed by atoms with Crippen LogP contribution in [0.25, 0.3) is 0 Å². The van der Waals surface area contributed by atoms with Crippen molar-refractivity contribution in [1.82, 2.24) is 15.5 Å². The maximum absolute atomic E-state index is 12.4. The van der Waals surface area contributed by atoms with Crippen LogP contribution in [0.4, 0.5) is 4.79 Å². The van der Waals surface area contributed by atoms with Gasteiger partial charge >= 0.3 is 6.09 Å². The van der Waals surface area contributed by atoms with Gasteiger partial charge in [0.2, 0.25) is 5.91 Å². The first-order valence-corrected chi connectivity index (χ1v) is 10.1. The summed E-state index contributed by atoms with van der Waals surface area (Å²) in [6.07, 6.45) is -0.613. The van der Waals surface area contributed by atoms with E-state index in [4.69, 9.17) is 4.74 Å². The van der Waals surface area contributed by atoms with E-state index in [0.717, 1.165) is 30.8 Å². The molecule has 0 radical (unpaired) electrons. The number of benzene rings is 2. The van der Waals surface area contributed by atoms with E-state index >= 15 is 0 Å². The zero-order valence-corrected chi connectivity index (χ0v) is 17.5. The van der Waals surface area contributed by atoms with Gasteiger partial charge in [0.05, 0.1) is 0 Å². The summed E-state index contributed by atoms with van der Waals surface area (Å²) in [5, 5.41) is 5.47. The minimum atomic E-state index is -0.687. The number of hydrogen-bond donors (Lipinski definition) is 2. The van der Waals surface area contributed by atoms with Crippen LogP contribution >= 0.6 is 0 Å². The Hall–Kier alpha value is -2.86. The molecule has 6 heteroatoms. The average molecular weight is 398 g/mol. The molecule has 0 saturated heterocycles. The first kappa shape index (κ1) is 22.4. The molecule has 0 heterocycles. The summed E-state index contributed by atoms with van der Waals surface area (Å²) >= 11 is 0. The van der Waals surface area contributed by atoms with Crippen LogP contribution in [0.1, 0.15) is 37.5 Å². The summed E-state index contributed by atoms with van der Waals surface area (Å²) in [5.41, 5.74) is 3.16. The fraction of sp³-hybridized carbons (Fsp3) is 0.391. The molecule has 0 spiro atoms. The first-order valence-electron chi connectivity index (χ1n) is 10.1. The highest BCUT2D eigenvalue weighted by atomic mass is 16.5.